The second-order valence-corrected chi connectivity index (χ2v) is 8.93. The van der Waals surface area contributed by atoms with Crippen molar-refractivity contribution < 1.29 is 9.59 Å². The van der Waals surface area contributed by atoms with Gasteiger partial charge in [-0.15, -0.1) is 0 Å². The number of carbonyl (C=O) groups is 2. The van der Waals surface area contributed by atoms with E-state index in [9.17, 15) is 9.59 Å². The van der Waals surface area contributed by atoms with Crippen LogP contribution in [-0.2, 0) is 4.79 Å². The molecule has 0 radical (unpaired) electrons. The number of aromatic nitrogens is 1. The number of carbonyl (C=O) groups excluding carboxylic acids is 2. The van der Waals surface area contributed by atoms with Gasteiger partial charge < -0.3 is 10.6 Å². The van der Waals surface area contributed by atoms with Crippen molar-refractivity contribution in [1.29, 1.82) is 0 Å². The van der Waals surface area contributed by atoms with E-state index < -0.39 is 0 Å². The predicted octanol–water partition coefficient (Wildman–Crippen LogP) is 4.49. The summed E-state index contributed by atoms with van der Waals surface area (Å²) in [7, 11) is 0. The molecule has 0 atom stereocenters. The van der Waals surface area contributed by atoms with Gasteiger partial charge in [0.1, 0.15) is 0 Å². The van der Waals surface area contributed by atoms with Crippen molar-refractivity contribution in [3.8, 4) is 0 Å². The molecule has 1 aromatic carbocycles. The Morgan fingerprint density at radius 2 is 1.54 bits per heavy atom. The number of nitrogens with one attached hydrogen (secondary N) is 2. The highest BCUT2D eigenvalue weighted by molar-refractivity contribution is 6.04. The number of rotatable bonds is 4. The van der Waals surface area contributed by atoms with Crippen LogP contribution >= 0.6 is 0 Å². The van der Waals surface area contributed by atoms with E-state index in [1.54, 1.807) is 18.3 Å². The van der Waals surface area contributed by atoms with E-state index in [1.807, 2.05) is 24.3 Å². The maximum atomic E-state index is 13.2. The van der Waals surface area contributed by atoms with Gasteiger partial charge in [0.15, 0.2) is 0 Å². The lowest BCUT2D eigenvalue weighted by Crippen LogP contribution is -2.51. The van der Waals surface area contributed by atoms with Crippen LogP contribution in [0.3, 0.4) is 0 Å². The van der Waals surface area contributed by atoms with Gasteiger partial charge in [-0.05, 0) is 86.6 Å². The Morgan fingerprint density at radius 1 is 0.893 bits per heavy atom. The predicted molar refractivity (Wildman–Crippen MR) is 108 cm³/mol. The molecular weight excluding hydrogens is 350 g/mol. The van der Waals surface area contributed by atoms with Crippen molar-refractivity contribution in [2.75, 3.05) is 10.6 Å². The van der Waals surface area contributed by atoms with Gasteiger partial charge in [-0.2, -0.15) is 0 Å². The lowest BCUT2D eigenvalue weighted by atomic mass is 9.49. The molecule has 1 aromatic heterocycles. The molecule has 28 heavy (non-hydrogen) atoms. The average molecular weight is 375 g/mol. The summed E-state index contributed by atoms with van der Waals surface area (Å²) in [5.74, 6) is 2.17. The largest absolute Gasteiger partial charge is 0.326 e. The molecule has 2 aromatic rings. The minimum atomic E-state index is -0.210. The van der Waals surface area contributed by atoms with E-state index in [0.29, 0.717) is 11.3 Å². The number of nitrogens with zero attached hydrogens (tertiary/aromatic N) is 1. The summed E-state index contributed by atoms with van der Waals surface area (Å²) >= 11 is 0. The number of benzene rings is 1. The smallest absolute Gasteiger partial charge is 0.257 e. The van der Waals surface area contributed by atoms with Crippen LogP contribution < -0.4 is 10.6 Å². The maximum Gasteiger partial charge on any atom is 0.257 e. The van der Waals surface area contributed by atoms with Gasteiger partial charge in [0, 0.05) is 23.8 Å². The Balaban J connectivity index is 1.29. The first-order chi connectivity index (χ1) is 13.6. The fraction of sp³-hybridized carbons (Fsp3) is 0.435. The fourth-order valence-corrected chi connectivity index (χ4v) is 6.03. The van der Waals surface area contributed by atoms with Crippen molar-refractivity contribution >= 4 is 23.2 Å². The zero-order valence-corrected chi connectivity index (χ0v) is 15.9. The molecule has 2 N–H and O–H groups in total. The third kappa shape index (κ3) is 3.19. The van der Waals surface area contributed by atoms with Crippen molar-refractivity contribution in [2.45, 2.75) is 38.5 Å². The molecule has 1 heterocycles. The molecule has 4 saturated carbocycles. The first-order valence-electron chi connectivity index (χ1n) is 10.2. The van der Waals surface area contributed by atoms with E-state index in [-0.39, 0.29) is 17.2 Å². The first kappa shape index (κ1) is 17.4. The Kier molecular flexibility index (Phi) is 4.18. The van der Waals surface area contributed by atoms with Crippen molar-refractivity contribution in [3.05, 3.63) is 54.4 Å². The van der Waals surface area contributed by atoms with Crippen LogP contribution in [0.5, 0.6) is 0 Å². The zero-order valence-electron chi connectivity index (χ0n) is 15.9. The molecule has 0 spiro atoms. The second-order valence-electron chi connectivity index (χ2n) is 8.93. The fourth-order valence-electron chi connectivity index (χ4n) is 6.03. The van der Waals surface area contributed by atoms with Crippen LogP contribution in [-0.4, -0.2) is 16.8 Å². The van der Waals surface area contributed by atoms with E-state index in [1.165, 1.54) is 25.5 Å². The van der Waals surface area contributed by atoms with Gasteiger partial charge in [0.05, 0.1) is 11.0 Å². The Labute approximate surface area is 164 Å². The normalized spacial score (nSPS) is 30.1. The molecule has 4 fully saturated rings. The van der Waals surface area contributed by atoms with Crippen molar-refractivity contribution in [2.24, 2.45) is 23.2 Å². The highest BCUT2D eigenvalue weighted by Crippen LogP contribution is 2.60. The molecule has 5 nitrogen and oxygen atoms in total. The van der Waals surface area contributed by atoms with E-state index in [0.717, 1.165) is 42.7 Å². The first-order valence-corrected chi connectivity index (χ1v) is 10.2. The molecule has 4 aliphatic rings. The van der Waals surface area contributed by atoms with Crippen LogP contribution in [0.4, 0.5) is 11.4 Å². The number of hydrogen-bond acceptors (Lipinski definition) is 3. The summed E-state index contributed by atoms with van der Waals surface area (Å²) in [6, 6.07) is 10.9. The van der Waals surface area contributed by atoms with Crippen LogP contribution in [0.15, 0.2) is 48.8 Å². The minimum absolute atomic E-state index is 0.169. The maximum absolute atomic E-state index is 13.2. The SMILES string of the molecule is O=C(Nc1cccc(NC(=O)C23CC4CC(CC(C4)C2)C3)c1)c1cccnc1. The van der Waals surface area contributed by atoms with Gasteiger partial charge >= 0.3 is 0 Å². The van der Waals surface area contributed by atoms with E-state index in [2.05, 4.69) is 15.6 Å². The summed E-state index contributed by atoms with van der Waals surface area (Å²) in [5.41, 5.74) is 1.73. The molecule has 0 aliphatic heterocycles. The summed E-state index contributed by atoms with van der Waals surface area (Å²) < 4.78 is 0. The Bertz CT molecular complexity index is 874. The lowest BCUT2D eigenvalue weighted by Gasteiger charge is -2.55. The number of anilines is 2. The molecular formula is C23H25N3O2. The van der Waals surface area contributed by atoms with Crippen LogP contribution in [0.1, 0.15) is 48.9 Å². The molecule has 0 saturated heterocycles. The molecule has 4 aliphatic carbocycles. The van der Waals surface area contributed by atoms with Gasteiger partial charge in [-0.3, -0.25) is 14.6 Å². The zero-order chi connectivity index (χ0) is 19.1. The third-order valence-electron chi connectivity index (χ3n) is 6.82. The molecule has 144 valence electrons. The topological polar surface area (TPSA) is 71.1 Å². The molecule has 6 rings (SSSR count). The standard InChI is InChI=1S/C23H25N3O2/c27-21(18-3-2-6-24-14-18)25-19-4-1-5-20(10-19)26-22(28)23-11-15-7-16(12-23)9-17(8-15)13-23/h1-6,10,14-17H,7-9,11-13H2,(H,25,27)(H,26,28). The van der Waals surface area contributed by atoms with Crippen molar-refractivity contribution in [1.82, 2.24) is 4.98 Å². The number of pyridine rings is 1. The molecule has 5 heteroatoms. The second kappa shape index (κ2) is 6.73. The highest BCUT2D eigenvalue weighted by atomic mass is 16.2. The van der Waals surface area contributed by atoms with Gasteiger partial charge in [-0.25, -0.2) is 0 Å². The van der Waals surface area contributed by atoms with Gasteiger partial charge in [0.2, 0.25) is 5.91 Å². The highest BCUT2D eigenvalue weighted by Gasteiger charge is 2.54. The number of hydrogen-bond donors (Lipinski definition) is 2. The molecule has 0 unspecified atom stereocenters. The molecule has 4 bridgehead atoms. The van der Waals surface area contributed by atoms with Crippen LogP contribution in [0, 0.1) is 23.2 Å². The summed E-state index contributed by atoms with van der Waals surface area (Å²) in [6.45, 7) is 0. The summed E-state index contributed by atoms with van der Waals surface area (Å²) in [6.07, 6.45) is 10.3. The van der Waals surface area contributed by atoms with Crippen LogP contribution in [0.25, 0.3) is 0 Å². The summed E-state index contributed by atoms with van der Waals surface area (Å²) in [5, 5.41) is 6.03. The third-order valence-corrected chi connectivity index (χ3v) is 6.82. The summed E-state index contributed by atoms with van der Waals surface area (Å²) in [4.78, 5) is 29.5. The lowest BCUT2D eigenvalue weighted by molar-refractivity contribution is -0.140. The van der Waals surface area contributed by atoms with E-state index in [4.69, 9.17) is 0 Å². The van der Waals surface area contributed by atoms with E-state index >= 15 is 0 Å². The van der Waals surface area contributed by atoms with Crippen molar-refractivity contribution in [3.63, 3.8) is 0 Å². The quantitative estimate of drug-likeness (QED) is 0.827. The Hall–Kier alpha value is -2.69. The average Bonchev–Trinajstić information content (AvgIpc) is 2.68. The van der Waals surface area contributed by atoms with Gasteiger partial charge in [-0.1, -0.05) is 6.07 Å². The van der Waals surface area contributed by atoms with Crippen LogP contribution in [0.2, 0.25) is 0 Å². The van der Waals surface area contributed by atoms with Gasteiger partial charge in [0.25, 0.3) is 5.91 Å². The monoisotopic (exact) mass is 375 g/mol. The number of amides is 2. The Morgan fingerprint density at radius 3 is 2.14 bits per heavy atom. The molecule has 2 amide bonds. The minimum Gasteiger partial charge on any atom is -0.326 e.